The number of likely N-dealkylation sites (N-methyl/N-ethyl adjacent to an activating group) is 1. The second kappa shape index (κ2) is 3.31. The number of nitrogens with zero attached hydrogens (tertiary/aromatic N) is 1. The number of aliphatic carboxylic acids is 2. The highest BCUT2D eigenvalue weighted by Crippen LogP contribution is 2.15. The Morgan fingerprint density at radius 3 is 1.69 bits per heavy atom. The Balaban J connectivity index is 5.26. The van der Waals surface area contributed by atoms with Crippen LogP contribution in [0.1, 0.15) is 6.92 Å². The first-order valence-corrected chi connectivity index (χ1v) is 3.79. The fraction of sp³-hybridized carbons (Fsp3) is 0.714. The molecule has 13 heavy (non-hydrogen) atoms. The van der Waals surface area contributed by atoms with Crippen LogP contribution < -0.4 is 5.73 Å². The molecular formula is C7H15N2O4+. The third-order valence-corrected chi connectivity index (χ3v) is 2.40. The molecule has 6 heteroatoms. The van der Waals surface area contributed by atoms with Crippen molar-refractivity contribution in [3.8, 4) is 0 Å². The van der Waals surface area contributed by atoms with Gasteiger partial charge in [-0.3, -0.25) is 10.2 Å². The highest BCUT2D eigenvalue weighted by atomic mass is 16.4. The average molecular weight is 191 g/mol. The number of quaternary nitrogens is 1. The number of nitrogens with two attached hydrogens (primary N) is 1. The molecule has 0 unspecified atom stereocenters. The molecule has 0 spiro atoms. The molecule has 0 saturated carbocycles. The summed E-state index contributed by atoms with van der Waals surface area (Å²) in [7, 11) is 2.92. The van der Waals surface area contributed by atoms with E-state index in [1.165, 1.54) is 14.1 Å². The van der Waals surface area contributed by atoms with Gasteiger partial charge in [-0.2, -0.15) is 0 Å². The van der Waals surface area contributed by atoms with E-state index in [2.05, 4.69) is 0 Å². The predicted molar refractivity (Wildman–Crippen MR) is 44.8 cm³/mol. The summed E-state index contributed by atoms with van der Waals surface area (Å²) in [6, 6.07) is 0. The van der Waals surface area contributed by atoms with E-state index in [1.54, 1.807) is 6.92 Å². The fourth-order valence-corrected chi connectivity index (χ4v) is 0.859. The Morgan fingerprint density at radius 1 is 1.31 bits per heavy atom. The molecule has 0 aromatic heterocycles. The van der Waals surface area contributed by atoms with E-state index in [9.17, 15) is 9.59 Å². The summed E-state index contributed by atoms with van der Waals surface area (Å²) in [6.07, 6.45) is 0. The number of rotatable bonds is 4. The zero-order valence-corrected chi connectivity index (χ0v) is 7.94. The third kappa shape index (κ3) is 1.63. The molecule has 0 aliphatic heterocycles. The summed E-state index contributed by atoms with van der Waals surface area (Å²) < 4.78 is -0.308. The Kier molecular flexibility index (Phi) is 3.02. The van der Waals surface area contributed by atoms with E-state index < -0.39 is 17.6 Å². The molecule has 0 bridgehead atoms. The summed E-state index contributed by atoms with van der Waals surface area (Å²) in [4.78, 5) is 21.5. The van der Waals surface area contributed by atoms with Crippen molar-refractivity contribution in [1.82, 2.24) is 0 Å². The number of hydrogen-bond acceptors (Lipinski definition) is 3. The van der Waals surface area contributed by atoms with Crippen LogP contribution in [0, 0.1) is 0 Å². The highest BCUT2D eigenvalue weighted by Gasteiger charge is 2.56. The van der Waals surface area contributed by atoms with Crippen LogP contribution in [0.2, 0.25) is 0 Å². The van der Waals surface area contributed by atoms with Gasteiger partial charge in [-0.25, -0.2) is 9.59 Å². The van der Waals surface area contributed by atoms with E-state index in [4.69, 9.17) is 15.9 Å². The number of carboxylic acids is 2. The van der Waals surface area contributed by atoms with Crippen molar-refractivity contribution in [2.24, 2.45) is 5.73 Å². The van der Waals surface area contributed by atoms with Crippen LogP contribution in [0.25, 0.3) is 0 Å². The van der Waals surface area contributed by atoms with E-state index in [-0.39, 0.29) is 4.48 Å². The Hall–Kier alpha value is -1.14. The molecule has 0 radical (unpaired) electrons. The van der Waals surface area contributed by atoms with Crippen molar-refractivity contribution < 1.29 is 24.3 Å². The second-order valence-corrected chi connectivity index (χ2v) is 3.38. The van der Waals surface area contributed by atoms with Gasteiger partial charge in [-0.15, -0.1) is 0 Å². The van der Waals surface area contributed by atoms with Gasteiger partial charge in [0.25, 0.3) is 0 Å². The van der Waals surface area contributed by atoms with E-state index in [0.717, 1.165) is 0 Å². The minimum atomic E-state index is -2.28. The molecule has 0 saturated heterocycles. The molecular weight excluding hydrogens is 176 g/mol. The molecule has 0 heterocycles. The smallest absolute Gasteiger partial charge is 0.394 e. The zero-order valence-electron chi connectivity index (χ0n) is 7.94. The minimum Gasteiger partial charge on any atom is -0.475 e. The average Bonchev–Trinajstić information content (AvgIpc) is 2.01. The van der Waals surface area contributed by atoms with E-state index >= 15 is 0 Å². The minimum absolute atomic E-state index is 0.308. The molecule has 0 atom stereocenters. The first-order valence-electron chi connectivity index (χ1n) is 3.79. The lowest BCUT2D eigenvalue weighted by molar-refractivity contribution is -0.921. The fourth-order valence-electron chi connectivity index (χ4n) is 0.859. The van der Waals surface area contributed by atoms with Crippen molar-refractivity contribution in [3.63, 3.8) is 0 Å². The standard InChI is InChI=1S/C7H14N2O4/c1-4-9(2,3)7(8,5(10)11)6(12)13/h4,8H2,1-3H3,(H-,10,11,12,13)/p+1. The molecule has 0 amide bonds. The molecule has 4 N–H and O–H groups in total. The number of carbonyl (C=O) groups is 2. The molecule has 76 valence electrons. The summed E-state index contributed by atoms with van der Waals surface area (Å²) in [5.74, 6) is -3.07. The first kappa shape index (κ1) is 11.9. The van der Waals surface area contributed by atoms with Gasteiger partial charge in [0.15, 0.2) is 0 Å². The SMILES string of the molecule is CC[N+](C)(C)C(N)(C(=O)O)C(=O)O. The summed E-state index contributed by atoms with van der Waals surface area (Å²) in [5, 5.41) is 17.5. The van der Waals surface area contributed by atoms with Gasteiger partial charge in [-0.1, -0.05) is 0 Å². The Morgan fingerprint density at radius 2 is 1.62 bits per heavy atom. The Labute approximate surface area is 76.2 Å². The van der Waals surface area contributed by atoms with Crippen LogP contribution in [0.15, 0.2) is 0 Å². The second-order valence-electron chi connectivity index (χ2n) is 3.38. The van der Waals surface area contributed by atoms with Gasteiger partial charge in [0, 0.05) is 0 Å². The van der Waals surface area contributed by atoms with E-state index in [1.807, 2.05) is 0 Å². The molecule has 0 aliphatic rings. The van der Waals surface area contributed by atoms with Crippen LogP contribution in [-0.4, -0.2) is 52.9 Å². The normalized spacial score (nSPS) is 12.6. The summed E-state index contributed by atoms with van der Waals surface area (Å²) in [6.45, 7) is 1.99. The van der Waals surface area contributed by atoms with E-state index in [0.29, 0.717) is 6.54 Å². The number of carboxylic acid groups (broad SMARTS) is 2. The largest absolute Gasteiger partial charge is 0.475 e. The molecule has 0 rings (SSSR count). The topological polar surface area (TPSA) is 101 Å². The van der Waals surface area contributed by atoms with Crippen LogP contribution in [0.5, 0.6) is 0 Å². The molecule has 6 nitrogen and oxygen atoms in total. The lowest BCUT2D eigenvalue weighted by atomic mass is 10.1. The molecule has 0 aromatic carbocycles. The third-order valence-electron chi connectivity index (χ3n) is 2.40. The quantitative estimate of drug-likeness (QED) is 0.298. The monoisotopic (exact) mass is 191 g/mol. The highest BCUT2D eigenvalue weighted by molar-refractivity contribution is 6.00. The van der Waals surface area contributed by atoms with Gasteiger partial charge >= 0.3 is 17.6 Å². The lowest BCUT2D eigenvalue weighted by Crippen LogP contribution is -2.73. The van der Waals surface area contributed by atoms with Crippen LogP contribution in [-0.2, 0) is 9.59 Å². The molecule has 0 aromatic rings. The maximum Gasteiger partial charge on any atom is 0.394 e. The maximum absolute atomic E-state index is 10.7. The zero-order chi connectivity index (χ0) is 10.9. The Bertz CT molecular complexity index is 223. The van der Waals surface area contributed by atoms with Crippen LogP contribution in [0.4, 0.5) is 0 Å². The molecule has 0 fully saturated rings. The predicted octanol–water partition coefficient (Wildman–Crippen LogP) is -1.09. The van der Waals surface area contributed by atoms with Crippen molar-refractivity contribution in [2.75, 3.05) is 20.6 Å². The first-order chi connectivity index (χ1) is 5.70. The van der Waals surface area contributed by atoms with Gasteiger partial charge in [0.05, 0.1) is 20.6 Å². The van der Waals surface area contributed by atoms with Gasteiger partial charge in [0.1, 0.15) is 0 Å². The van der Waals surface area contributed by atoms with Crippen molar-refractivity contribution in [2.45, 2.75) is 12.6 Å². The van der Waals surface area contributed by atoms with Crippen LogP contribution >= 0.6 is 0 Å². The van der Waals surface area contributed by atoms with Crippen molar-refractivity contribution in [3.05, 3.63) is 0 Å². The van der Waals surface area contributed by atoms with Crippen molar-refractivity contribution >= 4 is 11.9 Å². The molecule has 0 aliphatic carbocycles. The van der Waals surface area contributed by atoms with Gasteiger partial charge in [-0.05, 0) is 6.92 Å². The summed E-state index contributed by atoms with van der Waals surface area (Å²) >= 11 is 0. The maximum atomic E-state index is 10.7. The summed E-state index contributed by atoms with van der Waals surface area (Å²) in [5.41, 5.74) is 3.06. The van der Waals surface area contributed by atoms with Gasteiger partial charge in [0.2, 0.25) is 0 Å². The number of hydrogen-bond donors (Lipinski definition) is 3. The lowest BCUT2D eigenvalue weighted by Gasteiger charge is -2.38. The van der Waals surface area contributed by atoms with Crippen LogP contribution in [0.3, 0.4) is 0 Å². The van der Waals surface area contributed by atoms with Crippen molar-refractivity contribution in [1.29, 1.82) is 0 Å². The van der Waals surface area contributed by atoms with Gasteiger partial charge < -0.3 is 10.2 Å².